The normalized spacial score (nSPS) is 25.6. The number of carboxylic acid groups (broad SMARTS) is 3. The van der Waals surface area contributed by atoms with Crippen LogP contribution in [0.4, 0.5) is 0 Å². The van der Waals surface area contributed by atoms with Gasteiger partial charge in [-0.3, -0.25) is 9.59 Å². The molecule has 25 heavy (non-hydrogen) atoms. The van der Waals surface area contributed by atoms with Crippen molar-refractivity contribution in [3.8, 4) is 0 Å². The van der Waals surface area contributed by atoms with Gasteiger partial charge in [-0.15, -0.1) is 0 Å². The summed E-state index contributed by atoms with van der Waals surface area (Å²) in [5.41, 5.74) is -2.75. The van der Waals surface area contributed by atoms with Crippen molar-refractivity contribution in [3.05, 3.63) is 0 Å². The van der Waals surface area contributed by atoms with Crippen LogP contribution in [0.1, 0.15) is 57.8 Å². The molecule has 1 aliphatic rings. The summed E-state index contributed by atoms with van der Waals surface area (Å²) in [7, 11) is 0. The maximum Gasteiger partial charge on any atom is 0.348 e. The number of unbranched alkanes of at least 4 members (excludes halogenated alkanes) is 6. The SMILES string of the molecule is O=C(O)CCCCCCCCCC1C(=O)OC(C(=O)O)C1(O)C(=O)O. The molecule has 0 aromatic rings. The Kier molecular flexibility index (Phi) is 7.82. The third kappa shape index (κ3) is 5.42. The first kappa shape index (κ1) is 20.9. The summed E-state index contributed by atoms with van der Waals surface area (Å²) < 4.78 is 4.54. The molecule has 0 bridgehead atoms. The summed E-state index contributed by atoms with van der Waals surface area (Å²) in [6, 6.07) is 0. The first-order chi connectivity index (χ1) is 11.7. The monoisotopic (exact) mass is 360 g/mol. The topological polar surface area (TPSA) is 158 Å². The van der Waals surface area contributed by atoms with Gasteiger partial charge in [0.25, 0.3) is 0 Å². The fraction of sp³-hybridized carbons (Fsp3) is 0.750. The fourth-order valence-corrected chi connectivity index (χ4v) is 3.00. The van der Waals surface area contributed by atoms with E-state index in [-0.39, 0.29) is 12.8 Å². The van der Waals surface area contributed by atoms with Crippen molar-refractivity contribution >= 4 is 23.9 Å². The first-order valence-electron chi connectivity index (χ1n) is 8.32. The number of hydrogen-bond acceptors (Lipinski definition) is 6. The standard InChI is InChI=1S/C16H24O9/c17-11(18)9-7-5-3-1-2-4-6-8-10-14(21)25-12(13(19)20)16(10,24)15(22)23/h10,12,24H,1-9H2,(H,17,18)(H,19,20)(H,22,23). The first-order valence-corrected chi connectivity index (χ1v) is 8.32. The van der Waals surface area contributed by atoms with Gasteiger partial charge in [0, 0.05) is 6.42 Å². The van der Waals surface area contributed by atoms with Gasteiger partial charge in [-0.05, 0) is 12.8 Å². The molecule has 3 unspecified atom stereocenters. The zero-order valence-corrected chi connectivity index (χ0v) is 13.8. The van der Waals surface area contributed by atoms with Crippen LogP contribution < -0.4 is 0 Å². The Morgan fingerprint density at radius 2 is 1.44 bits per heavy atom. The molecular weight excluding hydrogens is 336 g/mol. The molecule has 1 rings (SSSR count). The smallest absolute Gasteiger partial charge is 0.348 e. The van der Waals surface area contributed by atoms with Crippen LogP contribution >= 0.6 is 0 Å². The summed E-state index contributed by atoms with van der Waals surface area (Å²) in [4.78, 5) is 44.4. The van der Waals surface area contributed by atoms with Crippen LogP contribution in [0.3, 0.4) is 0 Å². The Morgan fingerprint density at radius 3 is 1.92 bits per heavy atom. The van der Waals surface area contributed by atoms with E-state index in [2.05, 4.69) is 4.74 Å². The second-order valence-corrected chi connectivity index (χ2v) is 6.25. The maximum atomic E-state index is 11.7. The third-order valence-electron chi connectivity index (χ3n) is 4.40. The Bertz CT molecular complexity index is 516. The van der Waals surface area contributed by atoms with Crippen LogP contribution in [-0.4, -0.2) is 56.0 Å². The van der Waals surface area contributed by atoms with E-state index in [4.69, 9.17) is 15.3 Å². The van der Waals surface area contributed by atoms with Gasteiger partial charge < -0.3 is 25.2 Å². The summed E-state index contributed by atoms with van der Waals surface area (Å²) >= 11 is 0. The number of rotatable bonds is 12. The molecule has 9 nitrogen and oxygen atoms in total. The second-order valence-electron chi connectivity index (χ2n) is 6.25. The molecule has 0 spiro atoms. The molecule has 3 atom stereocenters. The second kappa shape index (κ2) is 9.36. The highest BCUT2D eigenvalue weighted by Crippen LogP contribution is 2.37. The van der Waals surface area contributed by atoms with Gasteiger partial charge in [0.05, 0.1) is 0 Å². The number of esters is 1. The minimum atomic E-state index is -2.75. The number of carbonyl (C=O) groups excluding carboxylic acids is 1. The van der Waals surface area contributed by atoms with E-state index in [9.17, 15) is 24.3 Å². The lowest BCUT2D eigenvalue weighted by molar-refractivity contribution is -0.179. The fourth-order valence-electron chi connectivity index (χ4n) is 3.00. The molecule has 0 saturated carbocycles. The molecule has 0 aliphatic carbocycles. The van der Waals surface area contributed by atoms with Gasteiger partial charge in [-0.1, -0.05) is 38.5 Å². The number of hydrogen-bond donors (Lipinski definition) is 4. The van der Waals surface area contributed by atoms with E-state index in [1.807, 2.05) is 0 Å². The lowest BCUT2D eigenvalue weighted by atomic mass is 9.82. The predicted molar refractivity (Wildman–Crippen MR) is 82.8 cm³/mol. The van der Waals surface area contributed by atoms with Crippen LogP contribution in [0.5, 0.6) is 0 Å². The number of carbonyl (C=O) groups is 4. The molecule has 1 heterocycles. The quantitative estimate of drug-likeness (QED) is 0.294. The van der Waals surface area contributed by atoms with Gasteiger partial charge in [0.1, 0.15) is 5.92 Å². The van der Waals surface area contributed by atoms with Crippen molar-refractivity contribution in [1.29, 1.82) is 0 Å². The molecule has 0 amide bonds. The van der Waals surface area contributed by atoms with Crippen molar-refractivity contribution in [2.24, 2.45) is 5.92 Å². The number of ether oxygens (including phenoxy) is 1. The van der Waals surface area contributed by atoms with E-state index in [0.717, 1.165) is 25.7 Å². The van der Waals surface area contributed by atoms with Crippen molar-refractivity contribution in [2.45, 2.75) is 69.5 Å². The van der Waals surface area contributed by atoms with Crippen molar-refractivity contribution in [1.82, 2.24) is 0 Å². The summed E-state index contributed by atoms with van der Waals surface area (Å²) in [6.07, 6.45) is 3.28. The van der Waals surface area contributed by atoms with E-state index in [1.54, 1.807) is 0 Å². The van der Waals surface area contributed by atoms with E-state index in [1.165, 1.54) is 0 Å². The van der Waals surface area contributed by atoms with Gasteiger partial charge in [-0.2, -0.15) is 0 Å². The van der Waals surface area contributed by atoms with Gasteiger partial charge >= 0.3 is 23.9 Å². The van der Waals surface area contributed by atoms with Gasteiger partial charge in [0.2, 0.25) is 11.7 Å². The molecule has 0 aromatic carbocycles. The minimum Gasteiger partial charge on any atom is -0.481 e. The third-order valence-corrected chi connectivity index (χ3v) is 4.40. The largest absolute Gasteiger partial charge is 0.481 e. The zero-order chi connectivity index (χ0) is 19.0. The van der Waals surface area contributed by atoms with Crippen molar-refractivity contribution in [3.63, 3.8) is 0 Å². The van der Waals surface area contributed by atoms with Crippen LogP contribution in [0.15, 0.2) is 0 Å². The molecule has 9 heteroatoms. The van der Waals surface area contributed by atoms with E-state index in [0.29, 0.717) is 19.3 Å². The van der Waals surface area contributed by atoms with E-state index < -0.39 is 41.5 Å². The Balaban J connectivity index is 2.36. The maximum absolute atomic E-state index is 11.7. The van der Waals surface area contributed by atoms with Gasteiger partial charge in [-0.25, -0.2) is 9.59 Å². The summed E-state index contributed by atoms with van der Waals surface area (Å²) in [5, 5.41) is 36.8. The molecule has 0 radical (unpaired) electrons. The highest BCUT2D eigenvalue weighted by atomic mass is 16.6. The lowest BCUT2D eigenvalue weighted by Crippen LogP contribution is -2.54. The van der Waals surface area contributed by atoms with Crippen molar-refractivity contribution in [2.75, 3.05) is 0 Å². The molecular formula is C16H24O9. The van der Waals surface area contributed by atoms with Crippen LogP contribution in [0.2, 0.25) is 0 Å². The molecule has 1 fully saturated rings. The van der Waals surface area contributed by atoms with E-state index >= 15 is 0 Å². The number of cyclic esters (lactones) is 1. The average Bonchev–Trinajstić information content (AvgIpc) is 2.78. The Labute approximate surface area is 144 Å². The van der Waals surface area contributed by atoms with Crippen LogP contribution in [0, 0.1) is 5.92 Å². The minimum absolute atomic E-state index is 0.0322. The Morgan fingerprint density at radius 1 is 0.920 bits per heavy atom. The highest BCUT2D eigenvalue weighted by molar-refractivity contribution is 5.97. The number of carboxylic acids is 3. The zero-order valence-electron chi connectivity index (χ0n) is 13.8. The van der Waals surface area contributed by atoms with Crippen LogP contribution in [0.25, 0.3) is 0 Å². The summed E-state index contributed by atoms with van der Waals surface area (Å²) in [5.74, 6) is -6.70. The molecule has 0 aromatic heterocycles. The predicted octanol–water partition coefficient (Wildman–Crippen LogP) is 1.02. The van der Waals surface area contributed by atoms with Gasteiger partial charge in [0.15, 0.2) is 0 Å². The number of aliphatic hydroxyl groups is 1. The van der Waals surface area contributed by atoms with Crippen LogP contribution in [-0.2, 0) is 23.9 Å². The lowest BCUT2D eigenvalue weighted by Gasteiger charge is -2.24. The molecule has 142 valence electrons. The highest BCUT2D eigenvalue weighted by Gasteiger charge is 2.64. The van der Waals surface area contributed by atoms with Crippen molar-refractivity contribution < 1.29 is 44.3 Å². The molecule has 4 N–H and O–H groups in total. The number of aliphatic carboxylic acids is 3. The Hall–Kier alpha value is -2.16. The average molecular weight is 360 g/mol. The molecule has 1 aliphatic heterocycles. The molecule has 1 saturated heterocycles. The summed E-state index contributed by atoms with van der Waals surface area (Å²) in [6.45, 7) is 0.